The van der Waals surface area contributed by atoms with Crippen LogP contribution >= 0.6 is 0 Å². The van der Waals surface area contributed by atoms with E-state index in [1.54, 1.807) is 0 Å². The lowest BCUT2D eigenvalue weighted by atomic mass is 9.98. The highest BCUT2D eigenvalue weighted by atomic mass is 16.5. The average Bonchev–Trinajstić information content (AvgIpc) is 2.47. The zero-order valence-electron chi connectivity index (χ0n) is 14.4. The van der Waals surface area contributed by atoms with Crippen LogP contribution in [-0.4, -0.2) is 17.2 Å². The number of carboxylic acids is 1. The Morgan fingerprint density at radius 3 is 2.39 bits per heavy atom. The molecule has 0 spiro atoms. The number of benzene rings is 2. The quantitative estimate of drug-likeness (QED) is 0.895. The maximum Gasteiger partial charge on any atom is 0.345 e. The molecule has 2 aromatic rings. The normalized spacial score (nSPS) is 12.0. The van der Waals surface area contributed by atoms with Gasteiger partial charge in [0.05, 0.1) is 0 Å². The van der Waals surface area contributed by atoms with Crippen molar-refractivity contribution in [2.75, 3.05) is 0 Å². The molecule has 0 bridgehead atoms. The predicted octanol–water partition coefficient (Wildman–Crippen LogP) is 4.30. The van der Waals surface area contributed by atoms with Crippen LogP contribution in [0.2, 0.25) is 0 Å². The van der Waals surface area contributed by atoms with E-state index in [-0.39, 0.29) is 0 Å². The Hall–Kier alpha value is -2.29. The van der Waals surface area contributed by atoms with Crippen molar-refractivity contribution in [3.05, 3.63) is 63.7 Å². The van der Waals surface area contributed by atoms with Crippen LogP contribution in [0.4, 0.5) is 0 Å². The van der Waals surface area contributed by atoms with Crippen molar-refractivity contribution in [3.8, 4) is 5.75 Å². The Labute approximate surface area is 137 Å². The summed E-state index contributed by atoms with van der Waals surface area (Å²) in [5.74, 6) is -0.287. The van der Waals surface area contributed by atoms with E-state index < -0.39 is 12.1 Å². The minimum absolute atomic E-state index is 0.356. The third kappa shape index (κ3) is 3.92. The zero-order valence-corrected chi connectivity index (χ0v) is 14.4. The molecular weight excluding hydrogens is 288 g/mol. The Kier molecular flexibility index (Phi) is 5.09. The summed E-state index contributed by atoms with van der Waals surface area (Å²) in [6.07, 6.45) is -0.537. The van der Waals surface area contributed by atoms with E-state index in [9.17, 15) is 9.90 Å². The van der Waals surface area contributed by atoms with Gasteiger partial charge in [-0.05, 0) is 74.1 Å². The van der Waals surface area contributed by atoms with Crippen LogP contribution in [0.25, 0.3) is 0 Å². The van der Waals surface area contributed by atoms with Crippen LogP contribution < -0.4 is 4.74 Å². The number of carbonyl (C=O) groups is 1. The van der Waals surface area contributed by atoms with Gasteiger partial charge in [0.2, 0.25) is 0 Å². The number of aliphatic carboxylic acids is 1. The summed E-state index contributed by atoms with van der Waals surface area (Å²) in [4.78, 5) is 11.7. The van der Waals surface area contributed by atoms with Crippen LogP contribution in [-0.2, 0) is 11.2 Å². The molecule has 0 radical (unpaired) electrons. The van der Waals surface area contributed by atoms with Gasteiger partial charge in [-0.15, -0.1) is 0 Å². The van der Waals surface area contributed by atoms with Crippen molar-refractivity contribution in [1.82, 2.24) is 0 Å². The van der Waals surface area contributed by atoms with Gasteiger partial charge in [-0.3, -0.25) is 0 Å². The fraction of sp³-hybridized carbons (Fsp3) is 0.350. The average molecular weight is 312 g/mol. The highest BCUT2D eigenvalue weighted by Crippen LogP contribution is 2.25. The van der Waals surface area contributed by atoms with E-state index in [0.717, 1.165) is 33.4 Å². The van der Waals surface area contributed by atoms with E-state index in [0.29, 0.717) is 12.2 Å². The highest BCUT2D eigenvalue weighted by Gasteiger charge is 2.22. The molecule has 0 aliphatic carbocycles. The molecule has 0 aliphatic heterocycles. The second-order valence-electron chi connectivity index (χ2n) is 6.21. The molecule has 0 aromatic heterocycles. The predicted molar refractivity (Wildman–Crippen MR) is 92.3 cm³/mol. The molecule has 3 nitrogen and oxygen atoms in total. The molecule has 122 valence electrons. The zero-order chi connectivity index (χ0) is 17.1. The summed E-state index contributed by atoms with van der Waals surface area (Å²) < 4.78 is 5.87. The third-order valence-corrected chi connectivity index (χ3v) is 4.43. The number of carboxylic acid groups (broad SMARTS) is 1. The maximum absolute atomic E-state index is 11.7. The first kappa shape index (κ1) is 17.1. The molecule has 0 unspecified atom stereocenters. The number of hydrogen-bond acceptors (Lipinski definition) is 2. The lowest BCUT2D eigenvalue weighted by molar-refractivity contribution is -0.145. The smallest absolute Gasteiger partial charge is 0.345 e. The van der Waals surface area contributed by atoms with Crippen LogP contribution in [0.1, 0.15) is 33.4 Å². The highest BCUT2D eigenvalue weighted by molar-refractivity contribution is 5.73. The Morgan fingerprint density at radius 2 is 1.74 bits per heavy atom. The maximum atomic E-state index is 11.7. The van der Waals surface area contributed by atoms with Gasteiger partial charge in [0.15, 0.2) is 6.10 Å². The van der Waals surface area contributed by atoms with Gasteiger partial charge in [-0.1, -0.05) is 24.3 Å². The second kappa shape index (κ2) is 6.86. The standard InChI is InChI=1S/C20H24O3/c1-12-9-14(3)16(5)18(10-12)23-19(20(21)22)11-17-8-6-7-13(2)15(17)4/h6-10,19H,11H2,1-5H3,(H,21,22)/t19-/m0/s1. The lowest BCUT2D eigenvalue weighted by Gasteiger charge is -2.19. The molecule has 1 N–H and O–H groups in total. The summed E-state index contributed by atoms with van der Waals surface area (Å²) in [6.45, 7) is 10.0. The van der Waals surface area contributed by atoms with Gasteiger partial charge in [-0.2, -0.15) is 0 Å². The number of aryl methyl sites for hydroxylation is 3. The van der Waals surface area contributed by atoms with E-state index >= 15 is 0 Å². The number of hydrogen-bond donors (Lipinski definition) is 1. The van der Waals surface area contributed by atoms with E-state index in [1.807, 2.05) is 58.9 Å². The van der Waals surface area contributed by atoms with Crippen molar-refractivity contribution in [1.29, 1.82) is 0 Å². The van der Waals surface area contributed by atoms with Crippen molar-refractivity contribution < 1.29 is 14.6 Å². The number of ether oxygens (including phenoxy) is 1. The molecule has 2 rings (SSSR count). The van der Waals surface area contributed by atoms with Crippen LogP contribution in [0, 0.1) is 34.6 Å². The fourth-order valence-corrected chi connectivity index (χ4v) is 2.69. The van der Waals surface area contributed by atoms with E-state index in [2.05, 4.69) is 6.07 Å². The first-order valence-corrected chi connectivity index (χ1v) is 7.82. The summed E-state index contributed by atoms with van der Waals surface area (Å²) in [5, 5.41) is 9.56. The monoisotopic (exact) mass is 312 g/mol. The molecule has 1 atom stereocenters. The summed E-state index contributed by atoms with van der Waals surface area (Å²) in [5.41, 5.74) is 6.46. The van der Waals surface area contributed by atoms with Gasteiger partial charge < -0.3 is 9.84 Å². The van der Waals surface area contributed by atoms with E-state index in [1.165, 1.54) is 0 Å². The van der Waals surface area contributed by atoms with Crippen LogP contribution in [0.5, 0.6) is 5.75 Å². The van der Waals surface area contributed by atoms with Gasteiger partial charge >= 0.3 is 5.97 Å². The topological polar surface area (TPSA) is 46.5 Å². The minimum atomic E-state index is -0.940. The van der Waals surface area contributed by atoms with Gasteiger partial charge in [-0.25, -0.2) is 4.79 Å². The molecule has 23 heavy (non-hydrogen) atoms. The van der Waals surface area contributed by atoms with E-state index in [4.69, 9.17) is 4.74 Å². The first-order valence-electron chi connectivity index (χ1n) is 7.82. The van der Waals surface area contributed by atoms with Gasteiger partial charge in [0, 0.05) is 6.42 Å². The SMILES string of the molecule is Cc1cc(C)c(C)c(O[C@@H](Cc2cccc(C)c2C)C(=O)O)c1. The molecule has 0 heterocycles. The van der Waals surface area contributed by atoms with Gasteiger partial charge in [0.25, 0.3) is 0 Å². The van der Waals surface area contributed by atoms with Crippen molar-refractivity contribution in [2.24, 2.45) is 0 Å². The van der Waals surface area contributed by atoms with Crippen LogP contribution in [0.15, 0.2) is 30.3 Å². The molecule has 0 fully saturated rings. The lowest BCUT2D eigenvalue weighted by Crippen LogP contribution is -2.30. The molecule has 0 amide bonds. The van der Waals surface area contributed by atoms with Crippen LogP contribution in [0.3, 0.4) is 0 Å². The largest absolute Gasteiger partial charge is 0.478 e. The second-order valence-corrected chi connectivity index (χ2v) is 6.21. The Bertz CT molecular complexity index is 732. The van der Waals surface area contributed by atoms with Gasteiger partial charge in [0.1, 0.15) is 5.75 Å². The Morgan fingerprint density at radius 1 is 1.04 bits per heavy atom. The summed E-state index contributed by atoms with van der Waals surface area (Å²) >= 11 is 0. The first-order chi connectivity index (χ1) is 10.8. The minimum Gasteiger partial charge on any atom is -0.478 e. The molecule has 0 aliphatic rings. The third-order valence-electron chi connectivity index (χ3n) is 4.43. The number of rotatable bonds is 5. The summed E-state index contributed by atoms with van der Waals surface area (Å²) in [7, 11) is 0. The molecule has 3 heteroatoms. The fourth-order valence-electron chi connectivity index (χ4n) is 2.69. The molecule has 0 saturated carbocycles. The van der Waals surface area contributed by atoms with Crippen molar-refractivity contribution in [2.45, 2.75) is 47.1 Å². The summed E-state index contributed by atoms with van der Waals surface area (Å²) in [6, 6.07) is 9.93. The Balaban J connectivity index is 2.30. The molecular formula is C20H24O3. The van der Waals surface area contributed by atoms with Crippen molar-refractivity contribution in [3.63, 3.8) is 0 Å². The molecule has 0 saturated heterocycles. The van der Waals surface area contributed by atoms with Crippen molar-refractivity contribution >= 4 is 5.97 Å². The molecule has 2 aromatic carbocycles.